The lowest BCUT2D eigenvalue weighted by atomic mass is 10.2. The first-order valence-electron chi connectivity index (χ1n) is 6.36. The van der Waals surface area contributed by atoms with Gasteiger partial charge in [-0.05, 0) is 44.3 Å². The van der Waals surface area contributed by atoms with Gasteiger partial charge in [-0.2, -0.15) is 0 Å². The average Bonchev–Trinajstić information content (AvgIpc) is 2.78. The molecule has 0 fully saturated rings. The number of likely N-dealkylation sites (N-methyl/N-ethyl adjacent to an activating group) is 1. The van der Waals surface area contributed by atoms with Crippen molar-refractivity contribution >= 4 is 5.69 Å². The van der Waals surface area contributed by atoms with E-state index in [-0.39, 0.29) is 5.82 Å². The molecule has 1 aromatic heterocycles. The number of nitrogens with one attached hydrogen (secondary N) is 1. The first-order chi connectivity index (χ1) is 9.15. The molecule has 0 saturated heterocycles. The van der Waals surface area contributed by atoms with Crippen LogP contribution in [0.3, 0.4) is 0 Å². The van der Waals surface area contributed by atoms with Gasteiger partial charge in [0.15, 0.2) is 0 Å². The third-order valence-electron chi connectivity index (χ3n) is 3.07. The van der Waals surface area contributed by atoms with Crippen LogP contribution in [0.1, 0.15) is 11.3 Å². The number of hydrogen-bond acceptors (Lipinski definition) is 3. The first kappa shape index (κ1) is 13.6. The van der Waals surface area contributed by atoms with Gasteiger partial charge in [-0.1, -0.05) is 0 Å². The zero-order valence-electron chi connectivity index (χ0n) is 11.3. The van der Waals surface area contributed by atoms with E-state index in [1.807, 2.05) is 13.0 Å². The molecule has 3 nitrogen and oxygen atoms in total. The predicted octanol–water partition coefficient (Wildman–Crippen LogP) is 3.27. The summed E-state index contributed by atoms with van der Waals surface area (Å²) in [6.07, 6.45) is 1.72. The van der Waals surface area contributed by atoms with Crippen molar-refractivity contribution in [3.8, 4) is 0 Å². The van der Waals surface area contributed by atoms with E-state index in [0.717, 1.165) is 31.1 Å². The Kier molecular flexibility index (Phi) is 4.58. The number of aryl methyl sites for hydroxylation is 1. The highest BCUT2D eigenvalue weighted by Crippen LogP contribution is 2.11. The Morgan fingerprint density at radius 2 is 1.95 bits per heavy atom. The van der Waals surface area contributed by atoms with Crippen LogP contribution in [0.15, 0.2) is 41.0 Å². The summed E-state index contributed by atoms with van der Waals surface area (Å²) < 4.78 is 18.0. The van der Waals surface area contributed by atoms with E-state index in [0.29, 0.717) is 0 Å². The molecule has 0 aliphatic carbocycles. The van der Waals surface area contributed by atoms with Crippen molar-refractivity contribution in [1.29, 1.82) is 0 Å². The van der Waals surface area contributed by atoms with E-state index in [9.17, 15) is 4.39 Å². The number of rotatable bonds is 6. The minimum atomic E-state index is -0.210. The number of halogens is 1. The third kappa shape index (κ3) is 4.10. The van der Waals surface area contributed by atoms with Crippen LogP contribution in [0.25, 0.3) is 0 Å². The summed E-state index contributed by atoms with van der Waals surface area (Å²) in [6.45, 7) is 4.56. The molecule has 1 N–H and O–H groups in total. The predicted molar refractivity (Wildman–Crippen MR) is 74.7 cm³/mol. The van der Waals surface area contributed by atoms with E-state index in [4.69, 9.17) is 4.42 Å². The molecule has 0 amide bonds. The maximum Gasteiger partial charge on any atom is 0.123 e. The van der Waals surface area contributed by atoms with Crippen molar-refractivity contribution in [1.82, 2.24) is 4.90 Å². The molecule has 0 aliphatic rings. The topological polar surface area (TPSA) is 28.4 Å². The molecule has 102 valence electrons. The summed E-state index contributed by atoms with van der Waals surface area (Å²) in [5, 5.41) is 3.27. The van der Waals surface area contributed by atoms with Gasteiger partial charge in [0.25, 0.3) is 0 Å². The van der Waals surface area contributed by atoms with Crippen molar-refractivity contribution in [2.45, 2.75) is 13.5 Å². The number of anilines is 1. The fraction of sp³-hybridized carbons (Fsp3) is 0.333. The lowest BCUT2D eigenvalue weighted by molar-refractivity contribution is 0.337. The van der Waals surface area contributed by atoms with Crippen LogP contribution in [0.2, 0.25) is 0 Å². The highest BCUT2D eigenvalue weighted by atomic mass is 19.1. The second-order valence-corrected chi connectivity index (χ2v) is 4.67. The van der Waals surface area contributed by atoms with Gasteiger partial charge >= 0.3 is 0 Å². The number of nitrogens with zero attached hydrogens (tertiary/aromatic N) is 1. The molecule has 0 unspecified atom stereocenters. The molecule has 1 heterocycles. The Morgan fingerprint density at radius 3 is 2.58 bits per heavy atom. The zero-order valence-corrected chi connectivity index (χ0v) is 11.3. The largest absolute Gasteiger partial charge is 0.469 e. The first-order valence-corrected chi connectivity index (χ1v) is 6.36. The van der Waals surface area contributed by atoms with Crippen LogP contribution in [-0.2, 0) is 6.54 Å². The standard InChI is InChI=1S/C15H19FN2O/c1-12-13(7-10-19-12)11-18(2)9-8-17-15-5-3-14(16)4-6-15/h3-7,10,17H,8-9,11H2,1-2H3. The van der Waals surface area contributed by atoms with Crippen molar-refractivity contribution in [3.05, 3.63) is 53.7 Å². The minimum absolute atomic E-state index is 0.210. The normalized spacial score (nSPS) is 10.9. The molecule has 2 rings (SSSR count). The summed E-state index contributed by atoms with van der Waals surface area (Å²) in [6, 6.07) is 8.41. The highest BCUT2D eigenvalue weighted by Gasteiger charge is 2.05. The van der Waals surface area contributed by atoms with Crippen molar-refractivity contribution in [2.24, 2.45) is 0 Å². The lowest BCUT2D eigenvalue weighted by Crippen LogP contribution is -2.24. The van der Waals surface area contributed by atoms with Crippen LogP contribution < -0.4 is 5.32 Å². The van der Waals surface area contributed by atoms with Gasteiger partial charge in [0, 0.05) is 30.9 Å². The molecule has 0 atom stereocenters. The van der Waals surface area contributed by atoms with Crippen molar-refractivity contribution in [2.75, 3.05) is 25.5 Å². The quantitative estimate of drug-likeness (QED) is 0.866. The average molecular weight is 262 g/mol. The molecular weight excluding hydrogens is 243 g/mol. The Morgan fingerprint density at radius 1 is 1.21 bits per heavy atom. The van der Waals surface area contributed by atoms with Crippen LogP contribution in [0, 0.1) is 12.7 Å². The summed E-state index contributed by atoms with van der Waals surface area (Å²) in [7, 11) is 2.07. The van der Waals surface area contributed by atoms with Gasteiger partial charge in [0.1, 0.15) is 11.6 Å². The summed E-state index contributed by atoms with van der Waals surface area (Å²) >= 11 is 0. The molecule has 1 aromatic carbocycles. The van der Waals surface area contributed by atoms with Gasteiger partial charge in [-0.25, -0.2) is 4.39 Å². The SMILES string of the molecule is Cc1occc1CN(C)CCNc1ccc(F)cc1. The van der Waals surface area contributed by atoms with Crippen molar-refractivity contribution < 1.29 is 8.81 Å². The summed E-state index contributed by atoms with van der Waals surface area (Å²) in [4.78, 5) is 2.22. The van der Waals surface area contributed by atoms with Crippen LogP contribution in [0.5, 0.6) is 0 Å². The van der Waals surface area contributed by atoms with E-state index in [1.165, 1.54) is 17.7 Å². The van der Waals surface area contributed by atoms with E-state index in [2.05, 4.69) is 17.3 Å². The third-order valence-corrected chi connectivity index (χ3v) is 3.07. The molecule has 0 aliphatic heterocycles. The Labute approximate surface area is 113 Å². The fourth-order valence-corrected chi connectivity index (χ4v) is 1.90. The molecule has 0 saturated carbocycles. The van der Waals surface area contributed by atoms with E-state index in [1.54, 1.807) is 18.4 Å². The van der Waals surface area contributed by atoms with Gasteiger partial charge in [-0.3, -0.25) is 0 Å². The highest BCUT2D eigenvalue weighted by molar-refractivity contribution is 5.42. The second kappa shape index (κ2) is 6.38. The molecule has 19 heavy (non-hydrogen) atoms. The summed E-state index contributed by atoms with van der Waals surface area (Å²) in [5.41, 5.74) is 2.15. The van der Waals surface area contributed by atoms with Crippen LogP contribution in [-0.4, -0.2) is 25.0 Å². The van der Waals surface area contributed by atoms with Gasteiger partial charge in [0.2, 0.25) is 0 Å². The second-order valence-electron chi connectivity index (χ2n) is 4.67. The van der Waals surface area contributed by atoms with Gasteiger partial charge < -0.3 is 14.6 Å². The zero-order chi connectivity index (χ0) is 13.7. The number of furan rings is 1. The fourth-order valence-electron chi connectivity index (χ4n) is 1.90. The molecule has 2 aromatic rings. The molecule has 0 spiro atoms. The molecule has 0 bridgehead atoms. The number of hydrogen-bond donors (Lipinski definition) is 1. The van der Waals surface area contributed by atoms with E-state index >= 15 is 0 Å². The maximum atomic E-state index is 12.7. The smallest absolute Gasteiger partial charge is 0.123 e. The lowest BCUT2D eigenvalue weighted by Gasteiger charge is -2.17. The molecule has 4 heteroatoms. The number of benzene rings is 1. The monoisotopic (exact) mass is 262 g/mol. The van der Waals surface area contributed by atoms with Crippen LogP contribution >= 0.6 is 0 Å². The van der Waals surface area contributed by atoms with E-state index < -0.39 is 0 Å². The Hall–Kier alpha value is -1.81. The van der Waals surface area contributed by atoms with Gasteiger partial charge in [-0.15, -0.1) is 0 Å². The Bertz CT molecular complexity index is 507. The molecular formula is C15H19FN2O. The van der Waals surface area contributed by atoms with Crippen molar-refractivity contribution in [3.63, 3.8) is 0 Å². The minimum Gasteiger partial charge on any atom is -0.469 e. The Balaban J connectivity index is 1.73. The van der Waals surface area contributed by atoms with Gasteiger partial charge in [0.05, 0.1) is 6.26 Å². The summed E-state index contributed by atoms with van der Waals surface area (Å²) in [5.74, 6) is 0.761. The molecule has 0 radical (unpaired) electrons. The van der Waals surface area contributed by atoms with Crippen LogP contribution in [0.4, 0.5) is 10.1 Å². The maximum absolute atomic E-state index is 12.7.